The van der Waals surface area contributed by atoms with E-state index in [-0.39, 0.29) is 22.1 Å². The van der Waals surface area contributed by atoms with Crippen LogP contribution in [0.5, 0.6) is 0 Å². The van der Waals surface area contributed by atoms with Crippen molar-refractivity contribution in [1.82, 2.24) is 25.2 Å². The van der Waals surface area contributed by atoms with Crippen molar-refractivity contribution in [3.8, 4) is 0 Å². The molecule has 0 aromatic carbocycles. The number of aromatic nitrogens is 6. The molecule has 0 radical (unpaired) electrons. The molecule has 2 rings (SSSR count). The molecule has 0 bridgehead atoms. The Hall–Kier alpha value is -1.22. The Labute approximate surface area is 119 Å². The zero-order valence-electron chi connectivity index (χ0n) is 9.78. The van der Waals surface area contributed by atoms with E-state index in [9.17, 15) is 4.79 Å². The van der Waals surface area contributed by atoms with E-state index in [1.807, 2.05) is 34.9 Å². The summed E-state index contributed by atoms with van der Waals surface area (Å²) in [6, 6.07) is 0. The number of hydrogen-bond donors (Lipinski definition) is 1. The van der Waals surface area contributed by atoms with Crippen LogP contribution in [0.2, 0.25) is 0 Å². The maximum atomic E-state index is 11.6. The number of carbonyl (C=O) groups is 1. The predicted octanol–water partition coefficient (Wildman–Crippen LogP) is -3.67. The van der Waals surface area contributed by atoms with Crippen LogP contribution in [0.15, 0.2) is 18.7 Å². The van der Waals surface area contributed by atoms with Gasteiger partial charge >= 0.3 is 0 Å². The lowest BCUT2D eigenvalue weighted by atomic mass is 10.5. The van der Waals surface area contributed by atoms with Gasteiger partial charge < -0.3 is 17.0 Å². The number of tetrazole rings is 1. The lowest BCUT2D eigenvalue weighted by Crippen LogP contribution is -3.00. The van der Waals surface area contributed by atoms with Crippen molar-refractivity contribution >= 4 is 16.9 Å². The van der Waals surface area contributed by atoms with Gasteiger partial charge in [0.2, 0.25) is 11.4 Å². The first kappa shape index (κ1) is 14.8. The Morgan fingerprint density at radius 2 is 2.44 bits per heavy atom. The highest BCUT2D eigenvalue weighted by Crippen LogP contribution is 2.06. The van der Waals surface area contributed by atoms with E-state index in [2.05, 4.69) is 20.6 Å². The minimum absolute atomic E-state index is 0. The molecule has 0 spiro atoms. The van der Waals surface area contributed by atoms with E-state index in [1.165, 1.54) is 11.8 Å². The Bertz CT molecular complexity index is 485. The Balaban J connectivity index is 0.00000162. The molecule has 0 atom stereocenters. The number of aryl methyl sites for hydroxylation is 2. The number of rotatable bonds is 5. The number of nitrogens with zero attached hydrogens (tertiary/aromatic N) is 5. The molecule has 2 aromatic heterocycles. The monoisotopic (exact) mass is 332 g/mol. The molecule has 0 saturated heterocycles. The number of H-pyrrole nitrogens is 1. The van der Waals surface area contributed by atoms with Gasteiger partial charge in [0.1, 0.15) is 12.4 Å². The molecule has 2 aromatic rings. The van der Waals surface area contributed by atoms with E-state index in [0.717, 1.165) is 0 Å². The maximum absolute atomic E-state index is 11.6. The first-order valence-corrected chi connectivity index (χ1v) is 6.11. The molecule has 0 unspecified atom stereocenters. The average molecular weight is 333 g/mol. The van der Waals surface area contributed by atoms with E-state index in [0.29, 0.717) is 24.5 Å². The van der Waals surface area contributed by atoms with Crippen LogP contribution in [-0.2, 0) is 24.8 Å². The van der Waals surface area contributed by atoms with E-state index >= 15 is 0 Å². The molecule has 0 fully saturated rings. The van der Waals surface area contributed by atoms with Crippen molar-refractivity contribution in [3.05, 3.63) is 24.5 Å². The minimum atomic E-state index is 0. The summed E-state index contributed by atoms with van der Waals surface area (Å²) in [5.41, 5.74) is 0. The summed E-state index contributed by atoms with van der Waals surface area (Å²) in [4.78, 5) is 11.6. The zero-order valence-corrected chi connectivity index (χ0v) is 12.2. The van der Waals surface area contributed by atoms with Crippen LogP contribution >= 0.6 is 11.8 Å². The van der Waals surface area contributed by atoms with Crippen LogP contribution in [0.25, 0.3) is 0 Å². The molecule has 98 valence electrons. The number of aromatic amines is 1. The fourth-order valence-electron chi connectivity index (χ4n) is 1.33. The maximum Gasteiger partial charge on any atom is 0.243 e. The summed E-state index contributed by atoms with van der Waals surface area (Å²) in [6.45, 7) is 0.387. The van der Waals surface area contributed by atoms with Gasteiger partial charge in [-0.3, -0.25) is 4.79 Å². The Morgan fingerprint density at radius 1 is 1.61 bits per heavy atom. The highest BCUT2D eigenvalue weighted by Gasteiger charge is 2.09. The number of hydrogen-bond acceptors (Lipinski definition) is 5. The van der Waals surface area contributed by atoms with Gasteiger partial charge in [0.05, 0.1) is 7.05 Å². The second kappa shape index (κ2) is 7.27. The van der Waals surface area contributed by atoms with Crippen LogP contribution in [0.1, 0.15) is 5.82 Å². The summed E-state index contributed by atoms with van der Waals surface area (Å²) in [6.07, 6.45) is 6.29. The molecule has 18 heavy (non-hydrogen) atoms. The van der Waals surface area contributed by atoms with Gasteiger partial charge in [-0.25, -0.2) is 9.13 Å². The molecule has 0 amide bonds. The summed E-state index contributed by atoms with van der Waals surface area (Å²) in [5.74, 6) is 1.31. The van der Waals surface area contributed by atoms with Gasteiger partial charge in [0, 0.05) is 12.2 Å². The van der Waals surface area contributed by atoms with E-state index < -0.39 is 0 Å². The molecule has 9 heteroatoms. The fourth-order valence-corrected chi connectivity index (χ4v) is 2.09. The fraction of sp³-hybridized carbons (Fsp3) is 0.444. The molecular formula is C9H13BrN6OS. The van der Waals surface area contributed by atoms with Crippen molar-refractivity contribution in [2.24, 2.45) is 7.05 Å². The summed E-state index contributed by atoms with van der Waals surface area (Å²) in [7, 11) is 1.92. The predicted molar refractivity (Wildman–Crippen MR) is 61.0 cm³/mol. The Kier molecular flexibility index (Phi) is 5.99. The smallest absolute Gasteiger partial charge is 0.243 e. The van der Waals surface area contributed by atoms with Crippen LogP contribution in [0.4, 0.5) is 0 Å². The normalized spacial score (nSPS) is 10.1. The van der Waals surface area contributed by atoms with Gasteiger partial charge in [-0.2, -0.15) is 5.21 Å². The van der Waals surface area contributed by atoms with Gasteiger partial charge in [-0.15, -0.1) is 10.2 Å². The second-order valence-corrected chi connectivity index (χ2v) is 4.70. The standard InChI is InChI=1S/C9H13N6OS.BrH/c1-14-3-4-15(7-14)6-9(16)17-5-2-8-10-12-13-11-8;/h3-4,7H,2,5-6H2,1H3,(H,10,11,12,13);1H/q+1;/p-1. The van der Waals surface area contributed by atoms with Crippen LogP contribution in [0.3, 0.4) is 0 Å². The summed E-state index contributed by atoms with van der Waals surface area (Å²) in [5, 5.41) is 13.6. The van der Waals surface area contributed by atoms with Crippen molar-refractivity contribution < 1.29 is 26.3 Å². The van der Waals surface area contributed by atoms with Gasteiger partial charge in [0.15, 0.2) is 12.4 Å². The number of imidazole rings is 1. The van der Waals surface area contributed by atoms with Crippen molar-refractivity contribution in [2.75, 3.05) is 5.75 Å². The molecule has 1 N–H and O–H groups in total. The minimum Gasteiger partial charge on any atom is -1.00 e. The van der Waals surface area contributed by atoms with Gasteiger partial charge in [-0.1, -0.05) is 17.0 Å². The molecule has 0 aliphatic heterocycles. The average Bonchev–Trinajstić information content (AvgIpc) is 2.90. The van der Waals surface area contributed by atoms with E-state index in [4.69, 9.17) is 0 Å². The van der Waals surface area contributed by atoms with Crippen molar-refractivity contribution in [1.29, 1.82) is 0 Å². The number of carbonyl (C=O) groups excluding carboxylic acids is 1. The number of nitrogens with one attached hydrogen (secondary N) is 1. The molecule has 0 saturated carbocycles. The number of halogens is 1. The zero-order chi connectivity index (χ0) is 12.1. The summed E-state index contributed by atoms with van der Waals surface area (Å²) >= 11 is 1.29. The SMILES string of the molecule is C[n+]1ccn(CC(=O)SCCc2nn[nH]n2)c1.[Br-]. The van der Waals surface area contributed by atoms with Gasteiger partial charge in [0.25, 0.3) is 0 Å². The quantitative estimate of drug-likeness (QED) is 0.571. The van der Waals surface area contributed by atoms with Crippen molar-refractivity contribution in [3.63, 3.8) is 0 Å². The topological polar surface area (TPSA) is 80.3 Å². The molecular weight excluding hydrogens is 320 g/mol. The highest BCUT2D eigenvalue weighted by atomic mass is 79.9. The summed E-state index contributed by atoms with van der Waals surface area (Å²) < 4.78 is 3.75. The first-order chi connectivity index (χ1) is 8.24. The van der Waals surface area contributed by atoms with Crippen LogP contribution in [0, 0.1) is 0 Å². The molecule has 2 heterocycles. The second-order valence-electron chi connectivity index (χ2n) is 3.55. The largest absolute Gasteiger partial charge is 1.00 e. The van der Waals surface area contributed by atoms with Crippen molar-refractivity contribution in [2.45, 2.75) is 13.0 Å². The molecule has 0 aliphatic rings. The first-order valence-electron chi connectivity index (χ1n) is 5.13. The lowest BCUT2D eigenvalue weighted by molar-refractivity contribution is -0.671. The van der Waals surface area contributed by atoms with E-state index in [1.54, 1.807) is 0 Å². The lowest BCUT2D eigenvalue weighted by Gasteiger charge is -1.96. The van der Waals surface area contributed by atoms with Gasteiger partial charge in [-0.05, 0) is 0 Å². The van der Waals surface area contributed by atoms with Crippen LogP contribution in [-0.4, -0.2) is 36.1 Å². The Morgan fingerprint density at radius 3 is 3.06 bits per heavy atom. The highest BCUT2D eigenvalue weighted by molar-refractivity contribution is 8.13. The molecule has 7 nitrogen and oxygen atoms in total. The molecule has 0 aliphatic carbocycles. The third-order valence-electron chi connectivity index (χ3n) is 2.11. The van der Waals surface area contributed by atoms with Crippen LogP contribution < -0.4 is 21.5 Å². The third kappa shape index (κ3) is 4.57. The number of thioether (sulfide) groups is 1. The third-order valence-corrected chi connectivity index (χ3v) is 2.97.